The van der Waals surface area contributed by atoms with Crippen molar-refractivity contribution in [3.8, 4) is 0 Å². The van der Waals surface area contributed by atoms with Crippen molar-refractivity contribution in [1.82, 2.24) is 7.85 Å². The predicted octanol–water partition coefficient (Wildman–Crippen LogP) is 6.00. The molecule has 0 aromatic heterocycles. The first-order valence-corrected chi connectivity index (χ1v) is 8.47. The number of hydrogen-bond acceptors (Lipinski definition) is 2. The van der Waals surface area contributed by atoms with Crippen LogP contribution in [-0.2, 0) is 0 Å². The van der Waals surface area contributed by atoms with Gasteiger partial charge in [0.15, 0.2) is 0 Å². The minimum atomic E-state index is 1.12. The van der Waals surface area contributed by atoms with E-state index in [4.69, 9.17) is 0 Å². The van der Waals surface area contributed by atoms with Crippen LogP contribution in [0.15, 0.2) is 72.1 Å². The summed E-state index contributed by atoms with van der Waals surface area (Å²) in [6.45, 7) is 4.20. The zero-order valence-electron chi connectivity index (χ0n) is 12.4. The molecule has 0 N–H and O–H groups in total. The Bertz CT molecular complexity index is 673. The number of benzene rings is 2. The standard InChI is InChI=1S/C18H16Br2N2/c1-13-14(2)22(20)18(16-11-7-4-8-12-16)17(21(13)19)15-9-5-3-6-10-15/h3-12H,1-2H3. The van der Waals surface area contributed by atoms with Gasteiger partial charge in [-0.1, -0.05) is 60.7 Å². The molecule has 0 saturated carbocycles. The number of halogens is 2. The minimum absolute atomic E-state index is 1.12. The fraction of sp³-hybridized carbons (Fsp3) is 0.111. The van der Waals surface area contributed by atoms with Crippen LogP contribution in [0.2, 0.25) is 0 Å². The number of allylic oxidation sites excluding steroid dienone is 2. The molecule has 3 rings (SSSR count). The van der Waals surface area contributed by atoms with Crippen molar-refractivity contribution in [2.45, 2.75) is 13.8 Å². The van der Waals surface area contributed by atoms with Crippen LogP contribution in [0.4, 0.5) is 0 Å². The molecule has 0 radical (unpaired) electrons. The molecule has 1 heterocycles. The van der Waals surface area contributed by atoms with Crippen molar-refractivity contribution in [2.24, 2.45) is 0 Å². The van der Waals surface area contributed by atoms with Gasteiger partial charge in [-0.3, -0.25) is 7.85 Å². The van der Waals surface area contributed by atoms with Gasteiger partial charge in [-0.05, 0) is 13.8 Å². The van der Waals surface area contributed by atoms with Crippen LogP contribution in [0, 0.1) is 0 Å². The molecule has 112 valence electrons. The van der Waals surface area contributed by atoms with E-state index in [0.717, 1.165) is 33.9 Å². The molecule has 22 heavy (non-hydrogen) atoms. The molecule has 0 amide bonds. The lowest BCUT2D eigenvalue weighted by atomic mass is 10.0. The minimum Gasteiger partial charge on any atom is -0.277 e. The quantitative estimate of drug-likeness (QED) is 0.550. The van der Waals surface area contributed by atoms with Crippen molar-refractivity contribution < 1.29 is 0 Å². The Morgan fingerprint density at radius 1 is 0.591 bits per heavy atom. The Labute approximate surface area is 148 Å². The van der Waals surface area contributed by atoms with Gasteiger partial charge in [0.05, 0.1) is 43.7 Å². The summed E-state index contributed by atoms with van der Waals surface area (Å²) in [7, 11) is 0. The fourth-order valence-electron chi connectivity index (χ4n) is 2.50. The second kappa shape index (κ2) is 6.31. The van der Waals surface area contributed by atoms with E-state index in [9.17, 15) is 0 Å². The lowest BCUT2D eigenvalue weighted by Crippen LogP contribution is -2.24. The van der Waals surface area contributed by atoms with E-state index in [1.807, 2.05) is 12.1 Å². The van der Waals surface area contributed by atoms with E-state index in [1.165, 1.54) is 0 Å². The molecule has 1 aliphatic heterocycles. The van der Waals surface area contributed by atoms with Gasteiger partial charge in [-0.2, -0.15) is 0 Å². The van der Waals surface area contributed by atoms with E-state index in [1.54, 1.807) is 0 Å². The van der Waals surface area contributed by atoms with Gasteiger partial charge in [0.25, 0.3) is 0 Å². The van der Waals surface area contributed by atoms with Gasteiger partial charge in [0, 0.05) is 22.5 Å². The monoisotopic (exact) mass is 418 g/mol. The zero-order valence-corrected chi connectivity index (χ0v) is 15.6. The van der Waals surface area contributed by atoms with Gasteiger partial charge < -0.3 is 0 Å². The van der Waals surface area contributed by atoms with Crippen molar-refractivity contribution in [3.63, 3.8) is 0 Å². The molecule has 0 aliphatic carbocycles. The number of rotatable bonds is 2. The van der Waals surface area contributed by atoms with Gasteiger partial charge in [0.2, 0.25) is 0 Å². The van der Waals surface area contributed by atoms with Gasteiger partial charge in [0.1, 0.15) is 0 Å². The molecule has 0 unspecified atom stereocenters. The third kappa shape index (κ3) is 2.61. The van der Waals surface area contributed by atoms with E-state index in [0.29, 0.717) is 0 Å². The Kier molecular flexibility index (Phi) is 4.41. The summed E-state index contributed by atoms with van der Waals surface area (Å²) in [5.41, 5.74) is 6.86. The van der Waals surface area contributed by atoms with Gasteiger partial charge in [-0.15, -0.1) is 0 Å². The van der Waals surface area contributed by atoms with Crippen molar-refractivity contribution in [3.05, 3.63) is 83.2 Å². The van der Waals surface area contributed by atoms with E-state index in [2.05, 4.69) is 103 Å². The maximum absolute atomic E-state index is 3.73. The van der Waals surface area contributed by atoms with Crippen molar-refractivity contribution in [1.29, 1.82) is 0 Å². The first-order valence-electron chi connectivity index (χ1n) is 7.05. The summed E-state index contributed by atoms with van der Waals surface area (Å²) in [6.07, 6.45) is 0. The third-order valence-corrected chi connectivity index (χ3v) is 5.60. The molecule has 2 nitrogen and oxygen atoms in total. The van der Waals surface area contributed by atoms with E-state index in [-0.39, 0.29) is 0 Å². The summed E-state index contributed by atoms with van der Waals surface area (Å²) in [5, 5.41) is 0. The first kappa shape index (κ1) is 15.4. The van der Waals surface area contributed by atoms with Gasteiger partial charge >= 0.3 is 0 Å². The Morgan fingerprint density at radius 2 is 0.909 bits per heavy atom. The molecule has 0 atom stereocenters. The maximum Gasteiger partial charge on any atom is 0.0846 e. The van der Waals surface area contributed by atoms with Crippen LogP contribution in [0.5, 0.6) is 0 Å². The van der Waals surface area contributed by atoms with Crippen LogP contribution in [0.3, 0.4) is 0 Å². The highest BCUT2D eigenvalue weighted by molar-refractivity contribution is 9.08. The molecular formula is C18H16Br2N2. The first-order chi connectivity index (χ1) is 10.6. The lowest BCUT2D eigenvalue weighted by molar-refractivity contribution is 0.681. The molecule has 2 aromatic rings. The highest BCUT2D eigenvalue weighted by Crippen LogP contribution is 2.44. The molecular weight excluding hydrogens is 404 g/mol. The molecule has 0 fully saturated rings. The second-order valence-corrected chi connectivity index (χ2v) is 6.58. The summed E-state index contributed by atoms with van der Waals surface area (Å²) in [6, 6.07) is 20.8. The summed E-state index contributed by atoms with van der Waals surface area (Å²) in [5.74, 6) is 0. The van der Waals surface area contributed by atoms with Crippen molar-refractivity contribution >= 4 is 43.7 Å². The molecule has 4 heteroatoms. The predicted molar refractivity (Wildman–Crippen MR) is 99.6 cm³/mol. The van der Waals surface area contributed by atoms with Crippen LogP contribution in [-0.4, -0.2) is 7.85 Å². The molecule has 0 spiro atoms. The largest absolute Gasteiger partial charge is 0.277 e. The third-order valence-electron chi connectivity index (χ3n) is 3.82. The SMILES string of the molecule is CC1=C(C)N(Br)C(c2ccccc2)=C(c2ccccc2)N1Br. The summed E-state index contributed by atoms with van der Waals surface area (Å²) < 4.78 is 4.16. The molecule has 0 saturated heterocycles. The van der Waals surface area contributed by atoms with E-state index < -0.39 is 0 Å². The van der Waals surface area contributed by atoms with E-state index >= 15 is 0 Å². The molecule has 1 aliphatic rings. The summed E-state index contributed by atoms with van der Waals surface area (Å²) >= 11 is 7.47. The lowest BCUT2D eigenvalue weighted by Gasteiger charge is -2.36. The van der Waals surface area contributed by atoms with Crippen LogP contribution >= 0.6 is 32.3 Å². The smallest absolute Gasteiger partial charge is 0.0846 e. The highest BCUT2D eigenvalue weighted by atomic mass is 79.9. The Hall–Kier alpha value is -1.52. The highest BCUT2D eigenvalue weighted by Gasteiger charge is 2.28. The van der Waals surface area contributed by atoms with Crippen molar-refractivity contribution in [2.75, 3.05) is 0 Å². The average molecular weight is 420 g/mol. The van der Waals surface area contributed by atoms with Crippen LogP contribution in [0.25, 0.3) is 11.4 Å². The molecule has 0 bridgehead atoms. The topological polar surface area (TPSA) is 6.48 Å². The molecule has 2 aromatic carbocycles. The van der Waals surface area contributed by atoms with Crippen LogP contribution in [0.1, 0.15) is 25.0 Å². The number of hydrogen-bond donors (Lipinski definition) is 0. The second-order valence-electron chi connectivity index (χ2n) is 5.16. The average Bonchev–Trinajstić information content (AvgIpc) is 2.57. The Morgan fingerprint density at radius 3 is 1.23 bits per heavy atom. The fourth-order valence-corrected chi connectivity index (χ4v) is 3.76. The maximum atomic E-state index is 3.73. The normalized spacial score (nSPS) is 15.6. The summed E-state index contributed by atoms with van der Waals surface area (Å²) in [4.78, 5) is 0. The van der Waals surface area contributed by atoms with Crippen LogP contribution < -0.4 is 0 Å². The number of nitrogens with zero attached hydrogens (tertiary/aromatic N) is 2. The zero-order chi connectivity index (χ0) is 15.7. The van der Waals surface area contributed by atoms with Gasteiger partial charge in [-0.25, -0.2) is 0 Å². The Balaban J connectivity index is 2.27.